The van der Waals surface area contributed by atoms with Gasteiger partial charge in [-0.3, -0.25) is 0 Å². The Bertz CT molecular complexity index is 456. The smallest absolute Gasteiger partial charge is 0.0865 e. The molecule has 2 unspecified atom stereocenters. The van der Waals surface area contributed by atoms with Crippen molar-refractivity contribution >= 4 is 23.2 Å². The van der Waals surface area contributed by atoms with Crippen LogP contribution in [0.5, 0.6) is 0 Å². The van der Waals surface area contributed by atoms with Crippen molar-refractivity contribution in [1.29, 1.82) is 0 Å². The van der Waals surface area contributed by atoms with Gasteiger partial charge in [-0.05, 0) is 51.3 Å². The Morgan fingerprint density at radius 3 is 2.65 bits per heavy atom. The zero-order valence-electron chi connectivity index (χ0n) is 12.4. The van der Waals surface area contributed by atoms with Gasteiger partial charge in [-0.1, -0.05) is 29.3 Å². The van der Waals surface area contributed by atoms with E-state index in [2.05, 4.69) is 26.1 Å². The van der Waals surface area contributed by atoms with Crippen molar-refractivity contribution in [3.63, 3.8) is 0 Å². The second-order valence-electron chi connectivity index (χ2n) is 6.50. The van der Waals surface area contributed by atoms with E-state index in [1.165, 1.54) is 6.42 Å². The van der Waals surface area contributed by atoms with Crippen LogP contribution in [0.2, 0.25) is 10.0 Å². The summed E-state index contributed by atoms with van der Waals surface area (Å²) in [5, 5.41) is 4.77. The molecule has 2 nitrogen and oxygen atoms in total. The molecule has 0 spiro atoms. The molecule has 2 rings (SSSR count). The minimum absolute atomic E-state index is 0.105. The van der Waals surface area contributed by atoms with E-state index in [0.717, 1.165) is 25.1 Å². The van der Waals surface area contributed by atoms with Gasteiger partial charge in [-0.25, -0.2) is 0 Å². The number of hydrogen-bond acceptors (Lipinski definition) is 2. The van der Waals surface area contributed by atoms with E-state index < -0.39 is 0 Å². The summed E-state index contributed by atoms with van der Waals surface area (Å²) in [4.78, 5) is 0. The molecule has 1 N–H and O–H groups in total. The molecule has 1 fully saturated rings. The van der Waals surface area contributed by atoms with Crippen molar-refractivity contribution < 1.29 is 4.74 Å². The molecule has 0 aliphatic carbocycles. The Hall–Kier alpha value is -0.280. The van der Waals surface area contributed by atoms with E-state index in [1.807, 2.05) is 18.2 Å². The molecule has 1 heterocycles. The molecule has 2 atom stereocenters. The predicted molar refractivity (Wildman–Crippen MR) is 85.6 cm³/mol. The summed E-state index contributed by atoms with van der Waals surface area (Å²) in [6, 6.07) is 5.81. The maximum atomic E-state index is 6.13. The van der Waals surface area contributed by atoms with Crippen molar-refractivity contribution in [2.24, 2.45) is 5.92 Å². The molecule has 20 heavy (non-hydrogen) atoms. The number of halogens is 2. The SMILES string of the molecule is CC(C)(C)NCC1CCCOC1c1ccc(Cl)c(Cl)c1. The number of benzene rings is 1. The number of ether oxygens (including phenoxy) is 1. The molecule has 1 aromatic rings. The Morgan fingerprint density at radius 2 is 2.00 bits per heavy atom. The predicted octanol–water partition coefficient (Wildman–Crippen LogP) is 4.85. The standard InChI is InChI=1S/C16H23Cl2NO/c1-16(2,3)19-10-12-5-4-8-20-15(12)11-6-7-13(17)14(18)9-11/h6-7,9,12,15,19H,4-5,8,10H2,1-3H3. The Balaban J connectivity index is 2.11. The van der Waals surface area contributed by atoms with Gasteiger partial charge in [0.25, 0.3) is 0 Å². The molecule has 1 aliphatic heterocycles. The summed E-state index contributed by atoms with van der Waals surface area (Å²) in [6.07, 6.45) is 2.40. The summed E-state index contributed by atoms with van der Waals surface area (Å²) >= 11 is 12.1. The van der Waals surface area contributed by atoms with Gasteiger partial charge >= 0.3 is 0 Å². The first-order valence-electron chi connectivity index (χ1n) is 7.18. The van der Waals surface area contributed by atoms with Crippen molar-refractivity contribution in [2.75, 3.05) is 13.2 Å². The number of rotatable bonds is 3. The summed E-state index contributed by atoms with van der Waals surface area (Å²) in [6.45, 7) is 8.33. The fraction of sp³-hybridized carbons (Fsp3) is 0.625. The molecule has 4 heteroatoms. The third-order valence-electron chi connectivity index (χ3n) is 3.61. The highest BCUT2D eigenvalue weighted by Crippen LogP contribution is 2.36. The zero-order valence-corrected chi connectivity index (χ0v) is 13.9. The van der Waals surface area contributed by atoms with Gasteiger partial charge in [0, 0.05) is 24.6 Å². The van der Waals surface area contributed by atoms with Crippen LogP contribution in [-0.2, 0) is 4.74 Å². The molecule has 1 aliphatic rings. The zero-order chi connectivity index (χ0) is 14.8. The highest BCUT2D eigenvalue weighted by Gasteiger charge is 2.28. The average Bonchev–Trinajstić information content (AvgIpc) is 2.39. The molecule has 0 aromatic heterocycles. The maximum absolute atomic E-state index is 6.13. The van der Waals surface area contributed by atoms with Crippen molar-refractivity contribution in [3.8, 4) is 0 Å². The van der Waals surface area contributed by atoms with Gasteiger partial charge in [-0.2, -0.15) is 0 Å². The first kappa shape index (κ1) is 16.1. The van der Waals surface area contributed by atoms with E-state index in [-0.39, 0.29) is 11.6 Å². The van der Waals surface area contributed by atoms with Gasteiger partial charge in [0.15, 0.2) is 0 Å². The lowest BCUT2D eigenvalue weighted by molar-refractivity contribution is -0.0292. The van der Waals surface area contributed by atoms with E-state index in [4.69, 9.17) is 27.9 Å². The van der Waals surface area contributed by atoms with Crippen LogP contribution >= 0.6 is 23.2 Å². The normalized spacial score (nSPS) is 23.9. The van der Waals surface area contributed by atoms with Crippen molar-refractivity contribution in [2.45, 2.75) is 45.3 Å². The van der Waals surface area contributed by atoms with Crippen LogP contribution in [0, 0.1) is 5.92 Å². The fourth-order valence-electron chi connectivity index (χ4n) is 2.55. The topological polar surface area (TPSA) is 21.3 Å². The molecule has 0 radical (unpaired) electrons. The third kappa shape index (κ3) is 4.36. The highest BCUT2D eigenvalue weighted by atomic mass is 35.5. The Labute approximate surface area is 131 Å². The lowest BCUT2D eigenvalue weighted by Crippen LogP contribution is -2.41. The highest BCUT2D eigenvalue weighted by molar-refractivity contribution is 6.42. The van der Waals surface area contributed by atoms with E-state index in [1.54, 1.807) is 0 Å². The van der Waals surface area contributed by atoms with Crippen LogP contribution in [0.25, 0.3) is 0 Å². The average molecular weight is 316 g/mol. The molecule has 112 valence electrons. The molecule has 0 bridgehead atoms. The van der Waals surface area contributed by atoms with Crippen molar-refractivity contribution in [1.82, 2.24) is 5.32 Å². The quantitative estimate of drug-likeness (QED) is 0.861. The molecule has 1 aromatic carbocycles. The van der Waals surface area contributed by atoms with Gasteiger partial charge < -0.3 is 10.1 Å². The second kappa shape index (κ2) is 6.65. The Morgan fingerprint density at radius 1 is 1.25 bits per heavy atom. The van der Waals surface area contributed by atoms with Gasteiger partial charge in [0.1, 0.15) is 0 Å². The molecule has 1 saturated heterocycles. The monoisotopic (exact) mass is 315 g/mol. The second-order valence-corrected chi connectivity index (χ2v) is 7.31. The summed E-state index contributed by atoms with van der Waals surface area (Å²) in [5.74, 6) is 0.472. The Kier molecular flexibility index (Phi) is 5.36. The van der Waals surface area contributed by atoms with Crippen molar-refractivity contribution in [3.05, 3.63) is 33.8 Å². The summed E-state index contributed by atoms with van der Waals surface area (Å²) < 4.78 is 5.99. The largest absolute Gasteiger partial charge is 0.373 e. The van der Waals surface area contributed by atoms with Crippen LogP contribution in [0.3, 0.4) is 0 Å². The molecule has 0 saturated carbocycles. The molecule has 0 amide bonds. The van der Waals surface area contributed by atoms with Crippen LogP contribution in [0.15, 0.2) is 18.2 Å². The van der Waals surface area contributed by atoms with Crippen LogP contribution < -0.4 is 5.32 Å². The van der Waals surface area contributed by atoms with Crippen LogP contribution in [0.1, 0.15) is 45.3 Å². The summed E-state index contributed by atoms with van der Waals surface area (Å²) in [5.41, 5.74) is 1.25. The van der Waals surface area contributed by atoms with E-state index in [9.17, 15) is 0 Å². The minimum Gasteiger partial charge on any atom is -0.373 e. The molecular weight excluding hydrogens is 293 g/mol. The maximum Gasteiger partial charge on any atom is 0.0865 e. The first-order chi connectivity index (χ1) is 9.37. The lowest BCUT2D eigenvalue weighted by Gasteiger charge is -2.34. The van der Waals surface area contributed by atoms with E-state index in [0.29, 0.717) is 16.0 Å². The van der Waals surface area contributed by atoms with Crippen LogP contribution in [0.4, 0.5) is 0 Å². The van der Waals surface area contributed by atoms with Gasteiger partial charge in [-0.15, -0.1) is 0 Å². The van der Waals surface area contributed by atoms with Gasteiger partial charge in [0.05, 0.1) is 16.1 Å². The van der Waals surface area contributed by atoms with E-state index >= 15 is 0 Å². The summed E-state index contributed by atoms with van der Waals surface area (Å²) in [7, 11) is 0. The number of hydrogen-bond donors (Lipinski definition) is 1. The number of nitrogens with one attached hydrogen (secondary N) is 1. The van der Waals surface area contributed by atoms with Crippen LogP contribution in [-0.4, -0.2) is 18.7 Å². The third-order valence-corrected chi connectivity index (χ3v) is 4.35. The fourth-order valence-corrected chi connectivity index (χ4v) is 2.85. The first-order valence-corrected chi connectivity index (χ1v) is 7.94. The minimum atomic E-state index is 0.105. The molecular formula is C16H23Cl2NO. The lowest BCUT2D eigenvalue weighted by atomic mass is 9.88. The van der Waals surface area contributed by atoms with Gasteiger partial charge in [0.2, 0.25) is 0 Å².